The van der Waals surface area contributed by atoms with Crippen molar-refractivity contribution in [2.24, 2.45) is 16.6 Å². The number of aromatic nitrogens is 3. The molecule has 0 spiro atoms. The third-order valence-corrected chi connectivity index (χ3v) is 6.60. The molecule has 0 radical (unpaired) electrons. The maximum Gasteiger partial charge on any atom is 0.197 e. The number of aromatic amines is 1. The van der Waals surface area contributed by atoms with Gasteiger partial charge in [-0.05, 0) is 31.4 Å². The molecule has 3 aromatic rings. The van der Waals surface area contributed by atoms with E-state index in [1.165, 1.54) is 6.07 Å². The highest BCUT2D eigenvalue weighted by Crippen LogP contribution is 2.36. The van der Waals surface area contributed by atoms with E-state index in [-0.39, 0.29) is 11.9 Å². The van der Waals surface area contributed by atoms with Crippen molar-refractivity contribution in [3.63, 3.8) is 0 Å². The Morgan fingerprint density at radius 1 is 1.27 bits per heavy atom. The zero-order chi connectivity index (χ0) is 23.1. The van der Waals surface area contributed by atoms with Crippen molar-refractivity contribution in [1.82, 2.24) is 19.9 Å². The fourth-order valence-electron chi connectivity index (χ4n) is 4.76. The van der Waals surface area contributed by atoms with Crippen molar-refractivity contribution in [3.05, 3.63) is 41.7 Å². The van der Waals surface area contributed by atoms with Crippen molar-refractivity contribution in [3.8, 4) is 0 Å². The number of benzene rings is 1. The molecule has 2 aliphatic rings. The maximum absolute atomic E-state index is 14.5. The summed E-state index contributed by atoms with van der Waals surface area (Å²) in [5, 5.41) is 10.6. The van der Waals surface area contributed by atoms with Crippen molar-refractivity contribution >= 4 is 33.9 Å². The molecule has 1 saturated heterocycles. The molecule has 0 aliphatic carbocycles. The molecule has 0 amide bonds. The van der Waals surface area contributed by atoms with Crippen LogP contribution in [0, 0.1) is 18.7 Å². The first kappa shape index (κ1) is 21.4. The second kappa shape index (κ2) is 8.51. The first-order valence-corrected chi connectivity index (χ1v) is 11.4. The Kier molecular flexibility index (Phi) is 5.53. The van der Waals surface area contributed by atoms with Gasteiger partial charge >= 0.3 is 0 Å². The molecule has 2 aromatic heterocycles. The van der Waals surface area contributed by atoms with E-state index < -0.39 is 6.29 Å². The quantitative estimate of drug-likeness (QED) is 0.414. The lowest BCUT2D eigenvalue weighted by Gasteiger charge is -2.40. The third-order valence-electron chi connectivity index (χ3n) is 6.60. The molecule has 174 valence electrons. The standard InChI is InChI=1S/C23H30FN9/c1-4-13-11-33(6-5-17(13)25)22-19-16-7-14(24)8-18(26-3)20(16)30-21(19)31-23(32-22)29-15-9-27-12(2)28-10-15/h7-10,13,17,23,26,29-31H,4-6,11,25H2,1-3H3. The van der Waals surface area contributed by atoms with Gasteiger partial charge < -0.3 is 31.6 Å². The number of hydrogen-bond donors (Lipinski definition) is 5. The average Bonchev–Trinajstić information content (AvgIpc) is 3.18. The number of nitrogens with one attached hydrogen (secondary N) is 4. The molecule has 2 aliphatic heterocycles. The summed E-state index contributed by atoms with van der Waals surface area (Å²) < 4.78 is 14.5. The molecule has 33 heavy (non-hydrogen) atoms. The lowest BCUT2D eigenvalue weighted by Crippen LogP contribution is -2.50. The van der Waals surface area contributed by atoms with Crippen molar-refractivity contribution in [2.75, 3.05) is 36.1 Å². The Bertz CT molecular complexity index is 1190. The van der Waals surface area contributed by atoms with Gasteiger partial charge in [0.25, 0.3) is 0 Å². The highest BCUT2D eigenvalue weighted by Gasteiger charge is 2.33. The monoisotopic (exact) mass is 451 g/mol. The van der Waals surface area contributed by atoms with Gasteiger partial charge in [0.15, 0.2) is 6.29 Å². The lowest BCUT2D eigenvalue weighted by atomic mass is 9.90. The fraction of sp³-hybridized carbons (Fsp3) is 0.435. The number of fused-ring (bicyclic) bond motifs is 3. The Balaban J connectivity index is 1.59. The summed E-state index contributed by atoms with van der Waals surface area (Å²) in [5.74, 6) is 2.42. The molecule has 0 bridgehead atoms. The van der Waals surface area contributed by atoms with Gasteiger partial charge in [0.05, 0.1) is 34.8 Å². The van der Waals surface area contributed by atoms with Crippen LogP contribution in [0.25, 0.3) is 10.9 Å². The number of H-pyrrole nitrogens is 1. The van der Waals surface area contributed by atoms with Crippen molar-refractivity contribution < 1.29 is 4.39 Å². The summed E-state index contributed by atoms with van der Waals surface area (Å²) in [6.07, 6.45) is 4.93. The predicted octanol–water partition coefficient (Wildman–Crippen LogP) is 3.07. The maximum atomic E-state index is 14.5. The Labute approximate surface area is 192 Å². The van der Waals surface area contributed by atoms with Gasteiger partial charge in [-0.3, -0.25) is 0 Å². The van der Waals surface area contributed by atoms with E-state index in [1.54, 1.807) is 25.5 Å². The fourth-order valence-corrected chi connectivity index (χ4v) is 4.76. The average molecular weight is 452 g/mol. The van der Waals surface area contributed by atoms with Crippen LogP contribution >= 0.6 is 0 Å². The Morgan fingerprint density at radius 2 is 2.06 bits per heavy atom. The minimum atomic E-state index is -0.439. The molecule has 4 heterocycles. The smallest absolute Gasteiger partial charge is 0.197 e. The first-order valence-electron chi connectivity index (χ1n) is 11.4. The van der Waals surface area contributed by atoms with Crippen molar-refractivity contribution in [1.29, 1.82) is 0 Å². The van der Waals surface area contributed by atoms with Crippen LogP contribution in [0.15, 0.2) is 29.5 Å². The number of amidine groups is 1. The topological polar surface area (TPSA) is 119 Å². The molecular formula is C23H30FN9. The number of likely N-dealkylation sites (tertiary alicyclic amines) is 1. The van der Waals surface area contributed by atoms with Crippen LogP contribution in [0.3, 0.4) is 0 Å². The van der Waals surface area contributed by atoms with Gasteiger partial charge in [0.1, 0.15) is 23.3 Å². The minimum Gasteiger partial charge on any atom is -0.386 e. The van der Waals surface area contributed by atoms with Crippen LogP contribution in [0.2, 0.25) is 0 Å². The van der Waals surface area contributed by atoms with Crippen LogP contribution in [0.1, 0.15) is 31.2 Å². The third kappa shape index (κ3) is 3.95. The van der Waals surface area contributed by atoms with Gasteiger partial charge in [-0.15, -0.1) is 0 Å². The molecule has 5 rings (SSSR count). The summed E-state index contributed by atoms with van der Waals surface area (Å²) in [6.45, 7) is 5.64. The molecule has 3 unspecified atom stereocenters. The molecule has 6 N–H and O–H groups in total. The summed E-state index contributed by atoms with van der Waals surface area (Å²) >= 11 is 0. The van der Waals surface area contributed by atoms with Gasteiger partial charge in [-0.2, -0.15) is 0 Å². The zero-order valence-electron chi connectivity index (χ0n) is 19.1. The number of piperidine rings is 1. The van der Waals surface area contributed by atoms with Gasteiger partial charge in [0.2, 0.25) is 0 Å². The number of hydrogen-bond acceptors (Lipinski definition) is 8. The first-order chi connectivity index (χ1) is 16.0. The van der Waals surface area contributed by atoms with Crippen LogP contribution in [0.4, 0.5) is 21.6 Å². The molecule has 1 aromatic carbocycles. The highest BCUT2D eigenvalue weighted by atomic mass is 19.1. The normalized spacial score (nSPS) is 22.5. The molecule has 3 atom stereocenters. The largest absolute Gasteiger partial charge is 0.386 e. The van der Waals surface area contributed by atoms with E-state index in [1.807, 2.05) is 6.92 Å². The molecule has 1 fully saturated rings. The number of nitrogens with two attached hydrogens (primary N) is 1. The molecule has 0 saturated carbocycles. The van der Waals surface area contributed by atoms with E-state index in [2.05, 4.69) is 42.7 Å². The van der Waals surface area contributed by atoms with Crippen LogP contribution in [0.5, 0.6) is 0 Å². The number of nitrogens with zero attached hydrogens (tertiary/aromatic N) is 4. The SMILES string of the molecule is CCC1CN(C2=NC(Nc3cnc(C)nc3)Nc3[nH]c4c(NC)cc(F)cc4c32)CCC1N. The second-order valence-corrected chi connectivity index (χ2v) is 8.73. The predicted molar refractivity (Wildman–Crippen MR) is 130 cm³/mol. The molecule has 9 nitrogen and oxygen atoms in total. The van der Waals surface area contributed by atoms with E-state index in [4.69, 9.17) is 10.7 Å². The lowest BCUT2D eigenvalue weighted by molar-refractivity contribution is 0.222. The van der Waals surface area contributed by atoms with Gasteiger partial charge in [0, 0.05) is 31.6 Å². The van der Waals surface area contributed by atoms with E-state index >= 15 is 0 Å². The van der Waals surface area contributed by atoms with Gasteiger partial charge in [-0.25, -0.2) is 19.4 Å². The summed E-state index contributed by atoms with van der Waals surface area (Å²) in [6, 6.07) is 3.24. The number of halogens is 1. The summed E-state index contributed by atoms with van der Waals surface area (Å²) in [7, 11) is 1.79. The number of aryl methyl sites for hydroxylation is 1. The Hall–Kier alpha value is -3.40. The van der Waals surface area contributed by atoms with Crippen LogP contribution in [-0.4, -0.2) is 58.2 Å². The number of rotatable bonds is 4. The summed E-state index contributed by atoms with van der Waals surface area (Å²) in [4.78, 5) is 19.3. The van der Waals surface area contributed by atoms with Gasteiger partial charge in [-0.1, -0.05) is 13.3 Å². The zero-order valence-corrected chi connectivity index (χ0v) is 19.1. The molecular weight excluding hydrogens is 421 g/mol. The van der Waals surface area contributed by atoms with Crippen LogP contribution in [-0.2, 0) is 0 Å². The summed E-state index contributed by atoms with van der Waals surface area (Å²) in [5.41, 5.74) is 9.55. The molecule has 10 heteroatoms. The number of aliphatic imine (C=N–C) groups is 1. The van der Waals surface area contributed by atoms with Crippen molar-refractivity contribution in [2.45, 2.75) is 39.0 Å². The second-order valence-electron chi connectivity index (χ2n) is 8.73. The van der Waals surface area contributed by atoms with E-state index in [0.29, 0.717) is 17.4 Å². The van der Waals surface area contributed by atoms with E-state index in [0.717, 1.165) is 59.7 Å². The highest BCUT2D eigenvalue weighted by molar-refractivity contribution is 6.17. The number of anilines is 3. The Morgan fingerprint density at radius 3 is 2.79 bits per heavy atom. The minimum absolute atomic E-state index is 0.183. The van der Waals surface area contributed by atoms with E-state index in [9.17, 15) is 4.39 Å². The van der Waals surface area contributed by atoms with Crippen LogP contribution < -0.4 is 21.7 Å².